The molecule has 0 aromatic carbocycles. The molecule has 2 saturated heterocycles. The molecule has 8 atom stereocenters. The minimum absolute atomic E-state index is 0.0640. The lowest BCUT2D eigenvalue weighted by Crippen LogP contribution is -2.63. The zero-order chi connectivity index (χ0) is 16.4. The van der Waals surface area contributed by atoms with E-state index in [2.05, 4.69) is 5.32 Å². The quantitative estimate of drug-likeness (QED) is 0.268. The van der Waals surface area contributed by atoms with E-state index in [9.17, 15) is 30.3 Å². The van der Waals surface area contributed by atoms with Crippen molar-refractivity contribution in [2.45, 2.75) is 42.9 Å². The van der Waals surface area contributed by atoms with Gasteiger partial charge in [-0.05, 0) is 0 Å². The molecule has 0 radical (unpaired) electrons. The Morgan fingerprint density at radius 3 is 2.36 bits per heavy atom. The largest absolute Gasteiger partial charge is 0.396 e. The Balaban J connectivity index is 2.11. The topological polar surface area (TPSA) is 169 Å². The zero-order valence-corrected chi connectivity index (χ0v) is 11.6. The summed E-state index contributed by atoms with van der Waals surface area (Å²) < 4.78 is 10.5. The molecule has 0 bridgehead atoms. The molecule has 0 spiro atoms. The van der Waals surface area contributed by atoms with Gasteiger partial charge in [0, 0.05) is 12.5 Å². The SMILES string of the molecule is O=C1NC[C@H](CO)[C@@H](O[C@@H]2O[C@H](CO)[C@@H](O)[C@H](O)[C@H]2O)[C@@H]1O. The molecule has 0 aromatic heterocycles. The highest BCUT2D eigenvalue weighted by Crippen LogP contribution is 2.26. The first-order chi connectivity index (χ1) is 10.4. The standard InChI is InChI=1S/C12H21NO9/c14-2-4-1-13-11(20)9(19)10(4)22-12-8(18)7(17)6(16)5(3-15)21-12/h4-10,12,14-19H,1-3H2,(H,13,20)/t4-,5-,6-,7+,8-,9+,10-,12+/m1/s1. The van der Waals surface area contributed by atoms with Gasteiger partial charge in [0.1, 0.15) is 30.5 Å². The monoisotopic (exact) mass is 323 g/mol. The van der Waals surface area contributed by atoms with Gasteiger partial charge in [0.15, 0.2) is 12.4 Å². The number of rotatable bonds is 4. The fourth-order valence-electron chi connectivity index (χ4n) is 2.55. The summed E-state index contributed by atoms with van der Waals surface area (Å²) in [5.41, 5.74) is 0. The molecular weight excluding hydrogens is 302 g/mol. The molecule has 2 rings (SSSR count). The Labute approximate surface area is 125 Å². The first kappa shape index (κ1) is 17.5. The summed E-state index contributed by atoms with van der Waals surface area (Å²) in [6.07, 6.45) is -10.2. The van der Waals surface area contributed by atoms with Crippen LogP contribution in [0.3, 0.4) is 0 Å². The van der Waals surface area contributed by atoms with Gasteiger partial charge in [-0.15, -0.1) is 0 Å². The van der Waals surface area contributed by atoms with E-state index in [1.165, 1.54) is 0 Å². The number of carbonyl (C=O) groups is 1. The number of aliphatic hydroxyl groups is 6. The average molecular weight is 323 g/mol. The Kier molecular flexibility index (Phi) is 5.69. The van der Waals surface area contributed by atoms with Gasteiger partial charge in [0.05, 0.1) is 13.2 Å². The fourth-order valence-corrected chi connectivity index (χ4v) is 2.55. The molecule has 2 heterocycles. The maximum Gasteiger partial charge on any atom is 0.251 e. The van der Waals surface area contributed by atoms with E-state index in [4.69, 9.17) is 14.6 Å². The maximum absolute atomic E-state index is 11.5. The second kappa shape index (κ2) is 7.15. The third-order valence-electron chi connectivity index (χ3n) is 3.96. The number of hydrogen-bond donors (Lipinski definition) is 7. The Hall–Kier alpha value is -0.850. The van der Waals surface area contributed by atoms with E-state index in [-0.39, 0.29) is 13.2 Å². The number of carbonyl (C=O) groups excluding carboxylic acids is 1. The van der Waals surface area contributed by atoms with Gasteiger partial charge in [0.25, 0.3) is 5.91 Å². The van der Waals surface area contributed by atoms with Crippen molar-refractivity contribution in [2.75, 3.05) is 19.8 Å². The van der Waals surface area contributed by atoms with E-state index in [1.54, 1.807) is 0 Å². The summed E-state index contributed by atoms with van der Waals surface area (Å²) in [5.74, 6) is -1.33. The summed E-state index contributed by atoms with van der Waals surface area (Å²) in [5, 5.41) is 59.8. The Bertz CT molecular complexity index is 393. The number of piperidine rings is 1. The molecule has 2 fully saturated rings. The van der Waals surface area contributed by atoms with Gasteiger partial charge < -0.3 is 45.4 Å². The van der Waals surface area contributed by atoms with Gasteiger partial charge >= 0.3 is 0 Å². The molecule has 0 unspecified atom stereocenters. The van der Waals surface area contributed by atoms with Crippen LogP contribution in [0.2, 0.25) is 0 Å². The maximum atomic E-state index is 11.5. The van der Waals surface area contributed by atoms with Crippen LogP contribution in [0.5, 0.6) is 0 Å². The summed E-state index contributed by atoms with van der Waals surface area (Å²) in [6.45, 7) is -0.949. The smallest absolute Gasteiger partial charge is 0.251 e. The van der Waals surface area contributed by atoms with Crippen LogP contribution in [0.4, 0.5) is 0 Å². The van der Waals surface area contributed by atoms with Crippen LogP contribution in [-0.2, 0) is 14.3 Å². The highest BCUT2D eigenvalue weighted by molar-refractivity contribution is 5.82. The van der Waals surface area contributed by atoms with E-state index in [0.29, 0.717) is 0 Å². The number of nitrogens with one attached hydrogen (secondary N) is 1. The molecule has 2 aliphatic heterocycles. The van der Waals surface area contributed by atoms with Gasteiger partial charge in [-0.25, -0.2) is 0 Å². The predicted molar refractivity (Wildman–Crippen MR) is 68.2 cm³/mol. The van der Waals surface area contributed by atoms with Gasteiger partial charge in [-0.1, -0.05) is 0 Å². The molecule has 2 aliphatic rings. The third kappa shape index (κ3) is 3.24. The van der Waals surface area contributed by atoms with Crippen molar-refractivity contribution in [1.82, 2.24) is 5.32 Å². The zero-order valence-electron chi connectivity index (χ0n) is 11.6. The summed E-state index contributed by atoms with van der Waals surface area (Å²) in [7, 11) is 0. The van der Waals surface area contributed by atoms with Crippen molar-refractivity contribution >= 4 is 5.91 Å². The molecule has 0 saturated carbocycles. The van der Waals surface area contributed by atoms with Gasteiger partial charge in [-0.3, -0.25) is 4.79 Å². The van der Waals surface area contributed by atoms with Crippen LogP contribution in [-0.4, -0.2) is 99.2 Å². The Morgan fingerprint density at radius 2 is 1.77 bits per heavy atom. The Morgan fingerprint density at radius 1 is 1.09 bits per heavy atom. The average Bonchev–Trinajstić information content (AvgIpc) is 2.52. The van der Waals surface area contributed by atoms with E-state index in [1.807, 2.05) is 0 Å². The van der Waals surface area contributed by atoms with Crippen molar-refractivity contribution in [3.05, 3.63) is 0 Å². The van der Waals surface area contributed by atoms with Crippen molar-refractivity contribution in [3.63, 3.8) is 0 Å². The molecule has 1 amide bonds. The molecule has 0 aromatic rings. The molecule has 10 nitrogen and oxygen atoms in total. The highest BCUT2D eigenvalue weighted by Gasteiger charge is 2.47. The van der Waals surface area contributed by atoms with Gasteiger partial charge in [-0.2, -0.15) is 0 Å². The van der Waals surface area contributed by atoms with E-state index >= 15 is 0 Å². The fraction of sp³-hybridized carbons (Fsp3) is 0.917. The van der Waals surface area contributed by atoms with E-state index in [0.717, 1.165) is 0 Å². The molecular formula is C12H21NO9. The summed E-state index contributed by atoms with van der Waals surface area (Å²) >= 11 is 0. The minimum atomic E-state index is -1.64. The van der Waals surface area contributed by atoms with Crippen LogP contribution >= 0.6 is 0 Å². The van der Waals surface area contributed by atoms with Crippen molar-refractivity contribution in [2.24, 2.45) is 5.92 Å². The predicted octanol–water partition coefficient (Wildman–Crippen LogP) is -4.73. The summed E-state index contributed by atoms with van der Waals surface area (Å²) in [4.78, 5) is 11.5. The van der Waals surface area contributed by atoms with Crippen molar-refractivity contribution in [1.29, 1.82) is 0 Å². The normalized spacial score (nSPS) is 46.4. The lowest BCUT2D eigenvalue weighted by molar-refractivity contribution is -0.321. The van der Waals surface area contributed by atoms with Crippen LogP contribution in [0, 0.1) is 5.92 Å². The third-order valence-corrected chi connectivity index (χ3v) is 3.96. The van der Waals surface area contributed by atoms with Crippen LogP contribution < -0.4 is 5.32 Å². The lowest BCUT2D eigenvalue weighted by atomic mass is 9.93. The van der Waals surface area contributed by atoms with Crippen LogP contribution in [0.15, 0.2) is 0 Å². The van der Waals surface area contributed by atoms with Crippen LogP contribution in [0.1, 0.15) is 0 Å². The number of ether oxygens (including phenoxy) is 2. The second-order valence-corrected chi connectivity index (χ2v) is 5.43. The van der Waals surface area contributed by atoms with E-state index < -0.39 is 61.3 Å². The number of aliphatic hydroxyl groups excluding tert-OH is 6. The highest BCUT2D eigenvalue weighted by atomic mass is 16.7. The van der Waals surface area contributed by atoms with Crippen molar-refractivity contribution in [3.8, 4) is 0 Å². The molecule has 10 heteroatoms. The second-order valence-electron chi connectivity index (χ2n) is 5.43. The molecule has 7 N–H and O–H groups in total. The number of amides is 1. The van der Waals surface area contributed by atoms with Gasteiger partial charge in [0.2, 0.25) is 0 Å². The van der Waals surface area contributed by atoms with Crippen LogP contribution in [0.25, 0.3) is 0 Å². The number of hydrogen-bond acceptors (Lipinski definition) is 9. The molecule has 128 valence electrons. The summed E-state index contributed by atoms with van der Waals surface area (Å²) in [6, 6.07) is 0. The molecule has 0 aliphatic carbocycles. The minimum Gasteiger partial charge on any atom is -0.396 e. The van der Waals surface area contributed by atoms with Crippen molar-refractivity contribution < 1.29 is 44.9 Å². The first-order valence-corrected chi connectivity index (χ1v) is 6.93. The lowest BCUT2D eigenvalue weighted by Gasteiger charge is -2.43. The first-order valence-electron chi connectivity index (χ1n) is 6.93. The molecule has 22 heavy (non-hydrogen) atoms.